The first-order chi connectivity index (χ1) is 21.0. The number of ether oxygens (including phenoxy) is 3. The van der Waals surface area contributed by atoms with E-state index in [-0.39, 0.29) is 17.4 Å². The Kier molecular flexibility index (Phi) is 9.60. The van der Waals surface area contributed by atoms with Crippen molar-refractivity contribution in [1.82, 2.24) is 5.32 Å². The molecule has 3 amide bonds. The zero-order valence-electron chi connectivity index (χ0n) is 23.3. The smallest absolute Gasteiger partial charge is 0.272 e. The number of carbonyl (C=O) groups excluding carboxylic acids is 3. The Morgan fingerprint density at radius 2 is 1.56 bits per heavy atom. The van der Waals surface area contributed by atoms with Crippen LogP contribution in [0.4, 0.5) is 11.4 Å². The number of amides is 3. The predicted octanol–water partition coefficient (Wildman–Crippen LogP) is 5.61. The summed E-state index contributed by atoms with van der Waals surface area (Å²) in [6.45, 7) is 0.959. The van der Waals surface area contributed by atoms with Crippen LogP contribution in [-0.2, 0) is 9.59 Å². The fraction of sp³-hybridized carbons (Fsp3) is 0.121. The highest BCUT2D eigenvalue weighted by atomic mass is 32.2. The lowest BCUT2D eigenvalue weighted by Crippen LogP contribution is -2.30. The molecule has 0 atom stereocenters. The first-order valence-electron chi connectivity index (χ1n) is 13.4. The summed E-state index contributed by atoms with van der Waals surface area (Å²) in [6, 6.07) is 28.2. The lowest BCUT2D eigenvalue weighted by atomic mass is 10.1. The zero-order valence-corrected chi connectivity index (χ0v) is 24.1. The van der Waals surface area contributed by atoms with Crippen LogP contribution in [0, 0.1) is 0 Å². The van der Waals surface area contributed by atoms with Gasteiger partial charge in [0.2, 0.25) is 5.91 Å². The molecular weight excluding hydrogens is 566 g/mol. The number of para-hydroxylation sites is 1. The molecule has 9 nitrogen and oxygen atoms in total. The fourth-order valence-electron chi connectivity index (χ4n) is 4.21. The van der Waals surface area contributed by atoms with Crippen LogP contribution in [0.3, 0.4) is 0 Å². The van der Waals surface area contributed by atoms with E-state index in [2.05, 4.69) is 16.0 Å². The summed E-state index contributed by atoms with van der Waals surface area (Å²) in [4.78, 5) is 39.8. The van der Waals surface area contributed by atoms with Crippen LogP contribution in [0.25, 0.3) is 6.08 Å². The van der Waals surface area contributed by atoms with Crippen LogP contribution in [-0.4, -0.2) is 43.8 Å². The topological polar surface area (TPSA) is 115 Å². The third-order valence-electron chi connectivity index (χ3n) is 6.26. The van der Waals surface area contributed by atoms with Gasteiger partial charge in [0.15, 0.2) is 11.5 Å². The number of methoxy groups -OCH3 is 1. The molecule has 4 aromatic carbocycles. The Morgan fingerprint density at radius 1 is 0.814 bits per heavy atom. The van der Waals surface area contributed by atoms with Crippen molar-refractivity contribution >= 4 is 46.9 Å². The molecule has 0 bridgehead atoms. The van der Waals surface area contributed by atoms with Gasteiger partial charge in [-0.05, 0) is 54.6 Å². The molecule has 0 radical (unpaired) electrons. The van der Waals surface area contributed by atoms with Crippen molar-refractivity contribution in [2.75, 3.05) is 36.7 Å². The van der Waals surface area contributed by atoms with Gasteiger partial charge in [0.05, 0.1) is 12.9 Å². The fourth-order valence-corrected chi connectivity index (χ4v) is 4.97. The van der Waals surface area contributed by atoms with Crippen LogP contribution in [0.15, 0.2) is 108 Å². The van der Waals surface area contributed by atoms with Gasteiger partial charge >= 0.3 is 0 Å². The molecule has 218 valence electrons. The van der Waals surface area contributed by atoms with E-state index in [0.717, 1.165) is 4.90 Å². The largest absolute Gasteiger partial charge is 0.496 e. The van der Waals surface area contributed by atoms with Crippen molar-refractivity contribution in [2.24, 2.45) is 0 Å². The molecule has 0 aliphatic carbocycles. The highest BCUT2D eigenvalue weighted by molar-refractivity contribution is 8.00. The maximum absolute atomic E-state index is 13.4. The lowest BCUT2D eigenvalue weighted by Gasteiger charge is -2.19. The maximum Gasteiger partial charge on any atom is 0.272 e. The second-order valence-corrected chi connectivity index (χ2v) is 10.3. The quantitative estimate of drug-likeness (QED) is 0.161. The number of thioether (sulfide) groups is 1. The zero-order chi connectivity index (χ0) is 30.0. The van der Waals surface area contributed by atoms with Crippen LogP contribution >= 0.6 is 11.8 Å². The molecule has 3 N–H and O–H groups in total. The summed E-state index contributed by atoms with van der Waals surface area (Å²) < 4.78 is 16.5. The van der Waals surface area contributed by atoms with Crippen molar-refractivity contribution in [3.63, 3.8) is 0 Å². The minimum atomic E-state index is -0.520. The number of carbonyl (C=O) groups is 3. The Labute approximate surface area is 253 Å². The lowest BCUT2D eigenvalue weighted by molar-refractivity contribution is -0.114. The van der Waals surface area contributed by atoms with Crippen molar-refractivity contribution in [3.05, 3.63) is 114 Å². The number of hydrogen-bond donors (Lipinski definition) is 3. The molecule has 1 aliphatic heterocycles. The van der Waals surface area contributed by atoms with Gasteiger partial charge in [-0.1, -0.05) is 42.5 Å². The molecule has 4 aromatic rings. The summed E-state index contributed by atoms with van der Waals surface area (Å²) in [7, 11) is 1.54. The Bertz CT molecular complexity index is 1660. The highest BCUT2D eigenvalue weighted by Crippen LogP contribution is 2.33. The van der Waals surface area contributed by atoms with Crippen LogP contribution in [0.5, 0.6) is 17.2 Å². The van der Waals surface area contributed by atoms with Gasteiger partial charge < -0.3 is 30.2 Å². The number of rotatable bonds is 10. The summed E-state index contributed by atoms with van der Waals surface area (Å²) in [5.74, 6) is 0.811. The van der Waals surface area contributed by atoms with Gasteiger partial charge in [-0.2, -0.15) is 0 Å². The van der Waals surface area contributed by atoms with E-state index in [4.69, 9.17) is 14.2 Å². The maximum atomic E-state index is 13.4. The highest BCUT2D eigenvalue weighted by Gasteiger charge is 2.17. The molecule has 0 spiro atoms. The van der Waals surface area contributed by atoms with Crippen LogP contribution < -0.4 is 30.2 Å². The average molecular weight is 596 g/mol. The summed E-state index contributed by atoms with van der Waals surface area (Å²) in [6.07, 6.45) is 1.57. The molecule has 0 aromatic heterocycles. The van der Waals surface area contributed by atoms with Gasteiger partial charge in [-0.3, -0.25) is 14.4 Å². The third kappa shape index (κ3) is 7.96. The molecule has 5 rings (SSSR count). The van der Waals surface area contributed by atoms with E-state index in [9.17, 15) is 14.4 Å². The van der Waals surface area contributed by atoms with Gasteiger partial charge in [0.1, 0.15) is 24.7 Å². The van der Waals surface area contributed by atoms with Crippen molar-refractivity contribution in [2.45, 2.75) is 4.90 Å². The molecule has 43 heavy (non-hydrogen) atoms. The second-order valence-electron chi connectivity index (χ2n) is 9.30. The van der Waals surface area contributed by atoms with E-state index >= 15 is 0 Å². The molecule has 0 fully saturated rings. The minimum absolute atomic E-state index is 0.0372. The summed E-state index contributed by atoms with van der Waals surface area (Å²) >= 11 is 1.32. The first-order valence-corrected chi connectivity index (χ1v) is 14.4. The average Bonchev–Trinajstić information content (AvgIpc) is 3.04. The molecule has 1 aliphatic rings. The predicted molar refractivity (Wildman–Crippen MR) is 167 cm³/mol. The standard InChI is InChI=1S/C33H29N3O6S/c1-40-28-13-6-5-10-23(28)18-27(36-32(38)22-8-3-2-4-9-22)33(39)35-24-11-7-12-26(19-24)43-21-31(37)34-25-14-15-29-30(20-25)42-17-16-41-29/h2-15,18-20H,16-17,21H2,1H3,(H,34,37)(H,35,39)(H,36,38)/b27-18+. The first kappa shape index (κ1) is 29.3. The van der Waals surface area contributed by atoms with Crippen LogP contribution in [0.1, 0.15) is 15.9 Å². The van der Waals surface area contributed by atoms with Crippen LogP contribution in [0.2, 0.25) is 0 Å². The SMILES string of the molecule is COc1ccccc1/C=C(/NC(=O)c1ccccc1)C(=O)Nc1cccc(SCC(=O)Nc2ccc3c(c2)OCCO3)c1. The van der Waals surface area contributed by atoms with Crippen molar-refractivity contribution < 1.29 is 28.6 Å². The Hall–Kier alpha value is -5.22. The number of fused-ring (bicyclic) bond motifs is 1. The Morgan fingerprint density at radius 3 is 2.37 bits per heavy atom. The molecular formula is C33H29N3O6S. The number of nitrogens with one attached hydrogen (secondary N) is 3. The number of hydrogen-bond acceptors (Lipinski definition) is 7. The molecule has 0 saturated heterocycles. The van der Waals surface area contributed by atoms with E-state index < -0.39 is 11.8 Å². The summed E-state index contributed by atoms with van der Waals surface area (Å²) in [5.41, 5.74) is 2.19. The van der Waals surface area contributed by atoms with E-state index in [1.165, 1.54) is 18.9 Å². The van der Waals surface area contributed by atoms with Gasteiger partial charge in [-0.15, -0.1) is 11.8 Å². The molecule has 10 heteroatoms. The van der Waals surface area contributed by atoms with Gasteiger partial charge in [0, 0.05) is 33.5 Å². The number of anilines is 2. The molecule has 0 unspecified atom stereocenters. The van der Waals surface area contributed by atoms with Gasteiger partial charge in [0.25, 0.3) is 11.8 Å². The third-order valence-corrected chi connectivity index (χ3v) is 7.25. The molecule has 1 heterocycles. The molecule has 0 saturated carbocycles. The van der Waals surface area contributed by atoms with E-state index in [1.807, 2.05) is 24.3 Å². The Balaban J connectivity index is 1.26. The van der Waals surface area contributed by atoms with E-state index in [0.29, 0.717) is 53.0 Å². The monoisotopic (exact) mass is 595 g/mol. The second kappa shape index (κ2) is 14.1. The number of benzene rings is 4. The van der Waals surface area contributed by atoms with E-state index in [1.54, 1.807) is 78.9 Å². The minimum Gasteiger partial charge on any atom is -0.496 e. The van der Waals surface area contributed by atoms with Gasteiger partial charge in [-0.25, -0.2) is 0 Å². The van der Waals surface area contributed by atoms with Crippen molar-refractivity contribution in [3.8, 4) is 17.2 Å². The normalized spacial score (nSPS) is 12.2. The van der Waals surface area contributed by atoms with Crippen molar-refractivity contribution in [1.29, 1.82) is 0 Å². The summed E-state index contributed by atoms with van der Waals surface area (Å²) in [5, 5.41) is 8.45.